The fourth-order valence-electron chi connectivity index (χ4n) is 3.82. The van der Waals surface area contributed by atoms with Crippen molar-refractivity contribution >= 4 is 34.8 Å². The molecule has 2 aliphatic heterocycles. The van der Waals surface area contributed by atoms with Gasteiger partial charge in [-0.2, -0.15) is 0 Å². The molecule has 9 heteroatoms. The Bertz CT molecular complexity index is 857. The molecule has 4 rings (SSSR count). The van der Waals surface area contributed by atoms with Crippen LogP contribution in [0.3, 0.4) is 0 Å². The molecule has 0 aliphatic carbocycles. The number of hydrogen-bond donors (Lipinski definition) is 1. The number of aromatic nitrogens is 2. The third-order valence-corrected chi connectivity index (χ3v) is 5.91. The van der Waals surface area contributed by atoms with Gasteiger partial charge in [0.15, 0.2) is 0 Å². The van der Waals surface area contributed by atoms with Crippen molar-refractivity contribution in [3.8, 4) is 0 Å². The number of benzene rings is 1. The normalized spacial score (nSPS) is 22.7. The number of aliphatic hydroxyl groups excluding tert-OH is 1. The fourth-order valence-corrected chi connectivity index (χ4v) is 4.33. The second-order valence-electron chi connectivity index (χ2n) is 7.00. The molecule has 0 unspecified atom stereocenters. The standard InChI is InChI=1S/C19H21Cl2FN4O2/c20-14-7-15(21)16(22)6-13(14)17-9-25(4-5-28-17)18-8-19(24-11-23-18)26-3-1-2-12(26)10-27/h6-8,11-12,17,27H,1-5,9-10H2/t12-,17+/m1/s1. The number of ether oxygens (including phenoxy) is 1. The first kappa shape index (κ1) is 19.6. The number of anilines is 2. The summed E-state index contributed by atoms with van der Waals surface area (Å²) in [5.41, 5.74) is 0.572. The maximum Gasteiger partial charge on any atom is 0.142 e. The Morgan fingerprint density at radius 1 is 1.14 bits per heavy atom. The van der Waals surface area contributed by atoms with Gasteiger partial charge in [0, 0.05) is 36.3 Å². The van der Waals surface area contributed by atoms with Gasteiger partial charge >= 0.3 is 0 Å². The molecule has 2 saturated heterocycles. The molecule has 0 saturated carbocycles. The number of rotatable bonds is 4. The van der Waals surface area contributed by atoms with Crippen LogP contribution >= 0.6 is 23.2 Å². The van der Waals surface area contributed by atoms with Gasteiger partial charge in [-0.3, -0.25) is 0 Å². The van der Waals surface area contributed by atoms with E-state index in [0.717, 1.165) is 31.0 Å². The van der Waals surface area contributed by atoms with Gasteiger partial charge in [-0.15, -0.1) is 0 Å². The molecular formula is C19H21Cl2FN4O2. The number of nitrogens with zero attached hydrogens (tertiary/aromatic N) is 4. The maximum atomic E-state index is 13.9. The molecule has 2 atom stereocenters. The Labute approximate surface area is 172 Å². The molecule has 0 bridgehead atoms. The van der Waals surface area contributed by atoms with E-state index in [1.807, 2.05) is 6.07 Å². The highest BCUT2D eigenvalue weighted by atomic mass is 35.5. The van der Waals surface area contributed by atoms with Crippen molar-refractivity contribution in [2.75, 3.05) is 42.6 Å². The van der Waals surface area contributed by atoms with E-state index < -0.39 is 5.82 Å². The van der Waals surface area contributed by atoms with Crippen molar-refractivity contribution < 1.29 is 14.2 Å². The zero-order valence-electron chi connectivity index (χ0n) is 15.2. The zero-order chi connectivity index (χ0) is 19.7. The van der Waals surface area contributed by atoms with Crippen molar-refractivity contribution in [1.82, 2.24) is 9.97 Å². The fraction of sp³-hybridized carbons (Fsp3) is 0.474. The highest BCUT2D eigenvalue weighted by Gasteiger charge is 2.28. The smallest absolute Gasteiger partial charge is 0.142 e. The van der Waals surface area contributed by atoms with E-state index >= 15 is 0 Å². The summed E-state index contributed by atoms with van der Waals surface area (Å²) in [6.07, 6.45) is 3.14. The van der Waals surface area contributed by atoms with E-state index in [0.29, 0.717) is 30.3 Å². The summed E-state index contributed by atoms with van der Waals surface area (Å²) in [5, 5.41) is 9.95. The molecular weight excluding hydrogens is 406 g/mol. The van der Waals surface area contributed by atoms with E-state index in [2.05, 4.69) is 19.8 Å². The van der Waals surface area contributed by atoms with E-state index in [1.165, 1.54) is 18.5 Å². The Kier molecular flexibility index (Phi) is 5.87. The number of aliphatic hydroxyl groups is 1. The summed E-state index contributed by atoms with van der Waals surface area (Å²) in [7, 11) is 0. The molecule has 6 nitrogen and oxygen atoms in total. The van der Waals surface area contributed by atoms with Crippen molar-refractivity contribution in [2.24, 2.45) is 0 Å². The van der Waals surface area contributed by atoms with Gasteiger partial charge in [-0.05, 0) is 25.0 Å². The Morgan fingerprint density at radius 3 is 2.79 bits per heavy atom. The number of morpholine rings is 1. The van der Waals surface area contributed by atoms with E-state index in [-0.39, 0.29) is 23.8 Å². The van der Waals surface area contributed by atoms with E-state index in [4.69, 9.17) is 27.9 Å². The SMILES string of the molecule is OC[C@H]1CCCN1c1cc(N2CCO[C@H](c3cc(F)c(Cl)cc3Cl)C2)ncn1. The first-order chi connectivity index (χ1) is 13.6. The van der Waals surface area contributed by atoms with Crippen LogP contribution in [-0.2, 0) is 4.74 Å². The lowest BCUT2D eigenvalue weighted by atomic mass is 10.1. The van der Waals surface area contributed by atoms with E-state index in [1.54, 1.807) is 0 Å². The van der Waals surface area contributed by atoms with Crippen LogP contribution in [0.15, 0.2) is 24.5 Å². The Morgan fingerprint density at radius 2 is 1.96 bits per heavy atom. The summed E-state index contributed by atoms with van der Waals surface area (Å²) in [6.45, 7) is 2.59. The summed E-state index contributed by atoms with van der Waals surface area (Å²) >= 11 is 12.1. The van der Waals surface area contributed by atoms with Crippen LogP contribution in [0.5, 0.6) is 0 Å². The second-order valence-corrected chi connectivity index (χ2v) is 7.81. The van der Waals surface area contributed by atoms with Crippen LogP contribution < -0.4 is 9.80 Å². The van der Waals surface area contributed by atoms with Crippen LogP contribution in [0.4, 0.5) is 16.0 Å². The molecule has 1 N–H and O–H groups in total. The van der Waals surface area contributed by atoms with Crippen LogP contribution in [0.25, 0.3) is 0 Å². The lowest BCUT2D eigenvalue weighted by Crippen LogP contribution is -2.39. The summed E-state index contributed by atoms with van der Waals surface area (Å²) in [5.74, 6) is 1.06. The molecule has 28 heavy (non-hydrogen) atoms. The molecule has 2 fully saturated rings. The average molecular weight is 427 g/mol. The van der Waals surface area contributed by atoms with Gasteiger partial charge in [0.1, 0.15) is 29.9 Å². The lowest BCUT2D eigenvalue weighted by molar-refractivity contribution is 0.0394. The third kappa shape index (κ3) is 3.89. The second kappa shape index (κ2) is 8.37. The van der Waals surface area contributed by atoms with E-state index in [9.17, 15) is 9.50 Å². The van der Waals surface area contributed by atoms with Gasteiger partial charge < -0.3 is 19.6 Å². The summed E-state index contributed by atoms with van der Waals surface area (Å²) in [4.78, 5) is 13.0. The first-order valence-corrected chi connectivity index (χ1v) is 10.0. The number of halogens is 3. The minimum atomic E-state index is -0.518. The first-order valence-electron chi connectivity index (χ1n) is 9.27. The number of hydrogen-bond acceptors (Lipinski definition) is 6. The molecule has 1 aromatic heterocycles. The molecule has 0 radical (unpaired) electrons. The quantitative estimate of drug-likeness (QED) is 0.755. The van der Waals surface area contributed by atoms with Crippen LogP contribution in [-0.4, -0.2) is 54.0 Å². The van der Waals surface area contributed by atoms with Crippen molar-refractivity contribution in [3.63, 3.8) is 0 Å². The topological polar surface area (TPSA) is 61.7 Å². The lowest BCUT2D eigenvalue weighted by Gasteiger charge is -2.34. The minimum Gasteiger partial charge on any atom is -0.394 e. The molecule has 150 valence electrons. The van der Waals surface area contributed by atoms with Crippen molar-refractivity contribution in [2.45, 2.75) is 25.0 Å². The monoisotopic (exact) mass is 426 g/mol. The van der Waals surface area contributed by atoms with Gasteiger partial charge in [0.05, 0.1) is 24.3 Å². The van der Waals surface area contributed by atoms with Gasteiger partial charge in [0.2, 0.25) is 0 Å². The highest BCUT2D eigenvalue weighted by Crippen LogP contribution is 2.34. The molecule has 3 heterocycles. The summed E-state index contributed by atoms with van der Waals surface area (Å²) in [6, 6.07) is 4.76. The van der Waals surface area contributed by atoms with Crippen molar-refractivity contribution in [1.29, 1.82) is 0 Å². The van der Waals surface area contributed by atoms with Crippen LogP contribution in [0.1, 0.15) is 24.5 Å². The van der Waals surface area contributed by atoms with Gasteiger partial charge in [0.25, 0.3) is 0 Å². The minimum absolute atomic E-state index is 0.00842. The maximum absolute atomic E-state index is 13.9. The van der Waals surface area contributed by atoms with Crippen LogP contribution in [0.2, 0.25) is 10.0 Å². The molecule has 1 aromatic carbocycles. The molecule has 2 aliphatic rings. The zero-order valence-corrected chi connectivity index (χ0v) is 16.7. The van der Waals surface area contributed by atoms with Crippen molar-refractivity contribution in [3.05, 3.63) is 46.0 Å². The summed E-state index contributed by atoms with van der Waals surface area (Å²) < 4.78 is 19.8. The third-order valence-electron chi connectivity index (χ3n) is 5.30. The van der Waals surface area contributed by atoms with Gasteiger partial charge in [-0.1, -0.05) is 23.2 Å². The molecule has 0 amide bonds. The largest absolute Gasteiger partial charge is 0.394 e. The Hall–Kier alpha value is -1.67. The predicted molar refractivity (Wildman–Crippen MR) is 107 cm³/mol. The molecule has 2 aromatic rings. The molecule has 0 spiro atoms. The average Bonchev–Trinajstić information content (AvgIpc) is 3.20. The Balaban J connectivity index is 1.55. The van der Waals surface area contributed by atoms with Gasteiger partial charge in [-0.25, -0.2) is 14.4 Å². The highest BCUT2D eigenvalue weighted by molar-refractivity contribution is 6.35. The van der Waals surface area contributed by atoms with Crippen LogP contribution in [0, 0.1) is 5.82 Å². The predicted octanol–water partition coefficient (Wildman–Crippen LogP) is 3.46.